The molecular formula is C12H13ClN4O. The largest absolute Gasteiger partial charge is 0.354 e. The van der Waals surface area contributed by atoms with E-state index in [4.69, 9.17) is 17.3 Å². The molecule has 1 heterocycles. The average Bonchev–Trinajstić information content (AvgIpc) is 2.87. The zero-order valence-electron chi connectivity index (χ0n) is 9.85. The molecule has 94 valence electrons. The summed E-state index contributed by atoms with van der Waals surface area (Å²) >= 11 is 6.15. The number of hydrogen-bond acceptors (Lipinski definition) is 3. The Bertz CT molecular complexity index is 579. The van der Waals surface area contributed by atoms with Crippen molar-refractivity contribution in [3.05, 3.63) is 46.7 Å². The van der Waals surface area contributed by atoms with Gasteiger partial charge in [-0.2, -0.15) is 5.10 Å². The molecule has 5 nitrogen and oxygen atoms in total. The average molecular weight is 265 g/mol. The van der Waals surface area contributed by atoms with Gasteiger partial charge < -0.3 is 11.1 Å². The second-order valence-electron chi connectivity index (χ2n) is 3.71. The number of hydrogen-bond donors (Lipinski definition) is 2. The molecule has 1 amide bonds. The van der Waals surface area contributed by atoms with E-state index in [2.05, 4.69) is 10.4 Å². The van der Waals surface area contributed by atoms with Crippen molar-refractivity contribution in [1.29, 1.82) is 0 Å². The van der Waals surface area contributed by atoms with Gasteiger partial charge in [0.25, 0.3) is 5.91 Å². The van der Waals surface area contributed by atoms with Crippen LogP contribution in [0, 0.1) is 0 Å². The molecule has 0 saturated carbocycles. The van der Waals surface area contributed by atoms with Crippen molar-refractivity contribution in [2.45, 2.75) is 6.54 Å². The van der Waals surface area contributed by atoms with E-state index in [9.17, 15) is 4.79 Å². The molecule has 0 atom stereocenters. The minimum atomic E-state index is -0.233. The van der Waals surface area contributed by atoms with Gasteiger partial charge in [0.1, 0.15) is 0 Å². The van der Waals surface area contributed by atoms with Crippen molar-refractivity contribution in [2.75, 3.05) is 7.05 Å². The fourth-order valence-corrected chi connectivity index (χ4v) is 1.86. The monoisotopic (exact) mass is 264 g/mol. The van der Waals surface area contributed by atoms with E-state index in [1.165, 1.54) is 0 Å². The van der Waals surface area contributed by atoms with Crippen molar-refractivity contribution in [3.8, 4) is 5.69 Å². The number of halogens is 1. The fraction of sp³-hybridized carbons (Fsp3) is 0.167. The molecule has 0 aliphatic heterocycles. The lowest BCUT2D eigenvalue weighted by atomic mass is 10.2. The number of nitrogens with one attached hydrogen (secondary N) is 1. The first kappa shape index (κ1) is 12.6. The van der Waals surface area contributed by atoms with E-state index in [0.717, 1.165) is 5.56 Å². The van der Waals surface area contributed by atoms with Gasteiger partial charge in [-0.25, -0.2) is 4.68 Å². The maximum absolute atomic E-state index is 11.4. The lowest BCUT2D eigenvalue weighted by Gasteiger charge is -2.06. The zero-order valence-corrected chi connectivity index (χ0v) is 10.6. The van der Waals surface area contributed by atoms with Gasteiger partial charge in [-0.05, 0) is 23.8 Å². The van der Waals surface area contributed by atoms with Crippen LogP contribution in [-0.2, 0) is 6.54 Å². The third-order valence-electron chi connectivity index (χ3n) is 2.54. The molecule has 0 aliphatic rings. The lowest BCUT2D eigenvalue weighted by Crippen LogP contribution is -2.18. The van der Waals surface area contributed by atoms with Crippen LogP contribution in [0.3, 0.4) is 0 Å². The first-order valence-corrected chi connectivity index (χ1v) is 5.80. The maximum Gasteiger partial charge on any atom is 0.271 e. The summed E-state index contributed by atoms with van der Waals surface area (Å²) in [7, 11) is 1.56. The van der Waals surface area contributed by atoms with Crippen LogP contribution in [0.15, 0.2) is 30.5 Å². The summed E-state index contributed by atoms with van der Waals surface area (Å²) in [4.78, 5) is 11.4. The molecule has 6 heteroatoms. The molecule has 1 aromatic carbocycles. The highest BCUT2D eigenvalue weighted by molar-refractivity contribution is 6.32. The Balaban J connectivity index is 2.37. The van der Waals surface area contributed by atoms with E-state index in [-0.39, 0.29) is 5.91 Å². The van der Waals surface area contributed by atoms with Crippen molar-refractivity contribution in [2.24, 2.45) is 5.73 Å². The van der Waals surface area contributed by atoms with Gasteiger partial charge in [0, 0.05) is 19.8 Å². The van der Waals surface area contributed by atoms with Crippen molar-refractivity contribution >= 4 is 17.5 Å². The summed E-state index contributed by atoms with van der Waals surface area (Å²) in [6.07, 6.45) is 1.69. The highest BCUT2D eigenvalue weighted by Gasteiger charge is 2.10. The number of carbonyl (C=O) groups is 1. The van der Waals surface area contributed by atoms with Gasteiger partial charge in [-0.15, -0.1) is 0 Å². The smallest absolute Gasteiger partial charge is 0.271 e. The van der Waals surface area contributed by atoms with E-state index in [1.54, 1.807) is 30.1 Å². The molecule has 0 unspecified atom stereocenters. The van der Waals surface area contributed by atoms with Crippen molar-refractivity contribution in [3.63, 3.8) is 0 Å². The quantitative estimate of drug-likeness (QED) is 0.879. The summed E-state index contributed by atoms with van der Waals surface area (Å²) in [5.41, 5.74) is 7.54. The van der Waals surface area contributed by atoms with Gasteiger partial charge in [-0.3, -0.25) is 4.79 Å². The Morgan fingerprint density at radius 3 is 2.89 bits per heavy atom. The summed E-state index contributed by atoms with van der Waals surface area (Å²) in [5.74, 6) is -0.233. The molecule has 2 aromatic rings. The minimum absolute atomic E-state index is 0.233. The standard InChI is InChI=1S/C12H13ClN4O/c1-15-12(18)10-4-5-17(16-10)11-3-2-8(7-14)6-9(11)13/h2-6H,7,14H2,1H3,(H,15,18). The molecule has 0 fully saturated rings. The zero-order chi connectivity index (χ0) is 13.1. The number of amides is 1. The highest BCUT2D eigenvalue weighted by atomic mass is 35.5. The van der Waals surface area contributed by atoms with Gasteiger partial charge in [0.15, 0.2) is 5.69 Å². The van der Waals surface area contributed by atoms with E-state index in [1.807, 2.05) is 12.1 Å². The highest BCUT2D eigenvalue weighted by Crippen LogP contribution is 2.21. The number of carbonyl (C=O) groups excluding carboxylic acids is 1. The van der Waals surface area contributed by atoms with Gasteiger partial charge in [-0.1, -0.05) is 17.7 Å². The summed E-state index contributed by atoms with van der Waals surface area (Å²) in [6, 6.07) is 7.12. The second kappa shape index (κ2) is 5.20. The van der Waals surface area contributed by atoms with Crippen LogP contribution in [0.5, 0.6) is 0 Å². The molecular weight excluding hydrogens is 252 g/mol. The van der Waals surface area contributed by atoms with Crippen LogP contribution >= 0.6 is 11.6 Å². The Morgan fingerprint density at radius 2 is 2.28 bits per heavy atom. The Hall–Kier alpha value is -1.85. The Kier molecular flexibility index (Phi) is 3.64. The predicted octanol–water partition coefficient (Wildman–Crippen LogP) is 1.34. The van der Waals surface area contributed by atoms with Crippen LogP contribution in [0.4, 0.5) is 0 Å². The molecule has 2 rings (SSSR count). The number of nitrogens with two attached hydrogens (primary N) is 1. The van der Waals surface area contributed by atoms with Crippen LogP contribution in [-0.4, -0.2) is 22.7 Å². The normalized spacial score (nSPS) is 10.4. The summed E-state index contributed by atoms with van der Waals surface area (Å²) in [6.45, 7) is 0.433. The molecule has 0 bridgehead atoms. The number of rotatable bonds is 3. The van der Waals surface area contributed by atoms with E-state index in [0.29, 0.717) is 22.9 Å². The van der Waals surface area contributed by atoms with Gasteiger partial charge in [0.2, 0.25) is 0 Å². The molecule has 1 aromatic heterocycles. The van der Waals surface area contributed by atoms with Crippen LogP contribution in [0.2, 0.25) is 5.02 Å². The Morgan fingerprint density at radius 1 is 1.50 bits per heavy atom. The molecule has 18 heavy (non-hydrogen) atoms. The molecule has 0 spiro atoms. The predicted molar refractivity (Wildman–Crippen MR) is 69.9 cm³/mol. The molecule has 0 aliphatic carbocycles. The number of benzene rings is 1. The topological polar surface area (TPSA) is 72.9 Å². The molecule has 0 saturated heterocycles. The van der Waals surface area contributed by atoms with Crippen LogP contribution < -0.4 is 11.1 Å². The lowest BCUT2D eigenvalue weighted by molar-refractivity contribution is 0.0957. The molecule has 3 N–H and O–H groups in total. The number of aromatic nitrogens is 2. The minimum Gasteiger partial charge on any atom is -0.354 e. The van der Waals surface area contributed by atoms with Crippen LogP contribution in [0.25, 0.3) is 5.69 Å². The summed E-state index contributed by atoms with van der Waals surface area (Å²) < 4.78 is 1.56. The third-order valence-corrected chi connectivity index (χ3v) is 2.85. The summed E-state index contributed by atoms with van der Waals surface area (Å²) in [5, 5.41) is 7.22. The second-order valence-corrected chi connectivity index (χ2v) is 4.12. The van der Waals surface area contributed by atoms with E-state index < -0.39 is 0 Å². The van der Waals surface area contributed by atoms with Crippen molar-refractivity contribution < 1.29 is 4.79 Å². The number of nitrogens with zero attached hydrogens (tertiary/aromatic N) is 2. The van der Waals surface area contributed by atoms with Gasteiger partial charge in [0.05, 0.1) is 10.7 Å². The fourth-order valence-electron chi connectivity index (χ4n) is 1.57. The first-order chi connectivity index (χ1) is 8.65. The maximum atomic E-state index is 11.4. The molecule has 0 radical (unpaired) electrons. The Labute approximate surface area is 110 Å². The SMILES string of the molecule is CNC(=O)c1ccn(-c2ccc(CN)cc2Cl)n1. The third kappa shape index (κ3) is 2.37. The van der Waals surface area contributed by atoms with Crippen LogP contribution in [0.1, 0.15) is 16.1 Å². The first-order valence-electron chi connectivity index (χ1n) is 5.42. The van der Waals surface area contributed by atoms with Crippen molar-refractivity contribution in [1.82, 2.24) is 15.1 Å². The van der Waals surface area contributed by atoms with E-state index >= 15 is 0 Å². The van der Waals surface area contributed by atoms with Gasteiger partial charge >= 0.3 is 0 Å².